The molecule has 4 heteroatoms. The largest absolute Gasteiger partial charge is 0.488 e. The van der Waals surface area contributed by atoms with Crippen LogP contribution in [0.5, 0.6) is 5.75 Å². The molecule has 0 saturated heterocycles. The van der Waals surface area contributed by atoms with Gasteiger partial charge < -0.3 is 10.5 Å². The van der Waals surface area contributed by atoms with Gasteiger partial charge in [-0.05, 0) is 13.8 Å². The van der Waals surface area contributed by atoms with Crippen LogP contribution in [0.3, 0.4) is 0 Å². The summed E-state index contributed by atoms with van der Waals surface area (Å²) in [6, 6.07) is 1.86. The number of anilines is 1. The highest BCUT2D eigenvalue weighted by molar-refractivity contribution is 5.44. The first-order valence-electron chi connectivity index (χ1n) is 3.92. The number of hydrogen-bond donors (Lipinski definition) is 1. The summed E-state index contributed by atoms with van der Waals surface area (Å²) in [5, 5.41) is 0. The molecular weight excluding hydrogens is 176 g/mol. The molecule has 2 N–H and O–H groups in total. The average molecular weight is 187 g/mol. The summed E-state index contributed by atoms with van der Waals surface area (Å²) >= 11 is 0. The SMILES string of the molecule is CC(C)Oc1cc(F)c(N)cc1F. The fourth-order valence-corrected chi connectivity index (χ4v) is 0.888. The Hall–Kier alpha value is -1.32. The molecule has 72 valence electrons. The second-order valence-corrected chi connectivity index (χ2v) is 2.97. The lowest BCUT2D eigenvalue weighted by Crippen LogP contribution is -2.07. The van der Waals surface area contributed by atoms with Gasteiger partial charge in [-0.25, -0.2) is 8.78 Å². The quantitative estimate of drug-likeness (QED) is 0.721. The Morgan fingerprint density at radius 2 is 1.85 bits per heavy atom. The van der Waals surface area contributed by atoms with Gasteiger partial charge in [0.15, 0.2) is 11.6 Å². The van der Waals surface area contributed by atoms with Crippen molar-refractivity contribution in [2.24, 2.45) is 0 Å². The molecule has 0 spiro atoms. The first-order valence-corrected chi connectivity index (χ1v) is 3.92. The number of hydrogen-bond acceptors (Lipinski definition) is 2. The highest BCUT2D eigenvalue weighted by Gasteiger charge is 2.09. The van der Waals surface area contributed by atoms with Crippen molar-refractivity contribution in [3.8, 4) is 5.75 Å². The van der Waals surface area contributed by atoms with Gasteiger partial charge >= 0.3 is 0 Å². The molecule has 0 radical (unpaired) electrons. The maximum absolute atomic E-state index is 13.0. The van der Waals surface area contributed by atoms with Crippen molar-refractivity contribution < 1.29 is 13.5 Å². The molecule has 0 aliphatic heterocycles. The minimum Gasteiger partial charge on any atom is -0.488 e. The Morgan fingerprint density at radius 1 is 1.23 bits per heavy atom. The Labute approximate surface area is 75.3 Å². The van der Waals surface area contributed by atoms with Crippen molar-refractivity contribution in [1.82, 2.24) is 0 Å². The van der Waals surface area contributed by atoms with E-state index in [1.165, 1.54) is 0 Å². The van der Waals surface area contributed by atoms with Gasteiger partial charge in [-0.15, -0.1) is 0 Å². The third-order valence-corrected chi connectivity index (χ3v) is 1.41. The zero-order valence-corrected chi connectivity index (χ0v) is 7.47. The van der Waals surface area contributed by atoms with Crippen molar-refractivity contribution in [3.63, 3.8) is 0 Å². The van der Waals surface area contributed by atoms with Gasteiger partial charge in [-0.2, -0.15) is 0 Å². The van der Waals surface area contributed by atoms with Gasteiger partial charge in [0.05, 0.1) is 11.8 Å². The second kappa shape index (κ2) is 3.60. The van der Waals surface area contributed by atoms with E-state index in [9.17, 15) is 8.78 Å². The molecule has 0 aromatic heterocycles. The lowest BCUT2D eigenvalue weighted by Gasteiger charge is -2.10. The summed E-state index contributed by atoms with van der Waals surface area (Å²) in [6.07, 6.45) is -0.197. The summed E-state index contributed by atoms with van der Waals surface area (Å²) in [4.78, 5) is 0. The fourth-order valence-electron chi connectivity index (χ4n) is 0.888. The first kappa shape index (κ1) is 9.77. The number of nitrogen functional groups attached to an aromatic ring is 1. The normalized spacial score (nSPS) is 10.5. The predicted octanol–water partition coefficient (Wildman–Crippen LogP) is 2.33. The molecule has 0 heterocycles. The predicted molar refractivity (Wildman–Crippen MR) is 46.5 cm³/mol. The van der Waals surface area contributed by atoms with Gasteiger partial charge in [0.1, 0.15) is 5.82 Å². The van der Waals surface area contributed by atoms with Crippen LogP contribution in [0, 0.1) is 11.6 Å². The monoisotopic (exact) mass is 187 g/mol. The molecule has 1 aromatic rings. The average Bonchev–Trinajstić information content (AvgIpc) is 1.99. The van der Waals surface area contributed by atoms with Crippen molar-refractivity contribution in [1.29, 1.82) is 0 Å². The Balaban J connectivity index is 3.01. The lowest BCUT2D eigenvalue weighted by atomic mass is 10.3. The zero-order valence-electron chi connectivity index (χ0n) is 7.47. The Bertz CT molecular complexity index is 313. The zero-order chi connectivity index (χ0) is 10.0. The molecule has 13 heavy (non-hydrogen) atoms. The highest BCUT2D eigenvalue weighted by atomic mass is 19.1. The molecule has 0 aliphatic carbocycles. The van der Waals surface area contributed by atoms with Crippen LogP contribution in [0.25, 0.3) is 0 Å². The van der Waals surface area contributed by atoms with Crippen molar-refractivity contribution in [2.45, 2.75) is 20.0 Å². The highest BCUT2D eigenvalue weighted by Crippen LogP contribution is 2.23. The summed E-state index contributed by atoms with van der Waals surface area (Å²) < 4.78 is 30.9. The van der Waals surface area contributed by atoms with Crippen molar-refractivity contribution in [3.05, 3.63) is 23.8 Å². The third kappa shape index (κ3) is 2.31. The van der Waals surface area contributed by atoms with Crippen molar-refractivity contribution >= 4 is 5.69 Å². The maximum atomic E-state index is 13.0. The van der Waals surface area contributed by atoms with Crippen LogP contribution < -0.4 is 10.5 Å². The van der Waals surface area contributed by atoms with Gasteiger partial charge in [-0.1, -0.05) is 0 Å². The van der Waals surface area contributed by atoms with Crippen LogP contribution in [0.4, 0.5) is 14.5 Å². The van der Waals surface area contributed by atoms with E-state index in [0.29, 0.717) is 0 Å². The summed E-state index contributed by atoms with van der Waals surface area (Å²) in [7, 11) is 0. The molecule has 0 unspecified atom stereocenters. The van der Waals surface area contributed by atoms with E-state index >= 15 is 0 Å². The molecule has 0 amide bonds. The van der Waals surface area contributed by atoms with E-state index in [0.717, 1.165) is 12.1 Å². The smallest absolute Gasteiger partial charge is 0.167 e. The van der Waals surface area contributed by atoms with Gasteiger partial charge in [0.2, 0.25) is 0 Å². The molecular formula is C9H11F2NO. The van der Waals surface area contributed by atoms with Crippen LogP contribution >= 0.6 is 0 Å². The maximum Gasteiger partial charge on any atom is 0.167 e. The topological polar surface area (TPSA) is 35.2 Å². The molecule has 1 aromatic carbocycles. The molecule has 1 rings (SSSR count). The van der Waals surface area contributed by atoms with Gasteiger partial charge in [0.25, 0.3) is 0 Å². The molecule has 0 atom stereocenters. The number of rotatable bonds is 2. The third-order valence-electron chi connectivity index (χ3n) is 1.41. The number of ether oxygens (including phenoxy) is 1. The van der Waals surface area contributed by atoms with Gasteiger partial charge in [0, 0.05) is 12.1 Å². The first-order chi connectivity index (χ1) is 6.00. The van der Waals surface area contributed by atoms with E-state index in [4.69, 9.17) is 10.5 Å². The lowest BCUT2D eigenvalue weighted by molar-refractivity contribution is 0.230. The minimum absolute atomic E-state index is 0.110. The van der Waals surface area contributed by atoms with E-state index in [1.54, 1.807) is 13.8 Å². The summed E-state index contributed by atoms with van der Waals surface area (Å²) in [5.41, 5.74) is 4.94. The van der Waals surface area contributed by atoms with Crippen LogP contribution in [0.1, 0.15) is 13.8 Å². The van der Waals surface area contributed by atoms with Crippen LogP contribution in [-0.4, -0.2) is 6.10 Å². The van der Waals surface area contributed by atoms with Gasteiger partial charge in [-0.3, -0.25) is 0 Å². The molecule has 0 fully saturated rings. The molecule has 0 aliphatic rings. The molecule has 2 nitrogen and oxygen atoms in total. The van der Waals surface area contributed by atoms with Crippen LogP contribution in [0.2, 0.25) is 0 Å². The number of nitrogens with two attached hydrogens (primary N) is 1. The Kier molecular flexibility index (Phi) is 2.70. The summed E-state index contributed by atoms with van der Waals surface area (Å²) in [5.74, 6) is -1.42. The second-order valence-electron chi connectivity index (χ2n) is 2.97. The molecule has 0 bridgehead atoms. The standard InChI is InChI=1S/C9H11F2NO/c1-5(2)13-9-4-6(10)8(12)3-7(9)11/h3-5H,12H2,1-2H3. The summed E-state index contributed by atoms with van der Waals surface area (Å²) in [6.45, 7) is 3.46. The number of halogens is 2. The van der Waals surface area contributed by atoms with E-state index in [1.807, 2.05) is 0 Å². The minimum atomic E-state index is -0.669. The van der Waals surface area contributed by atoms with E-state index < -0.39 is 11.6 Å². The number of benzene rings is 1. The van der Waals surface area contributed by atoms with Crippen LogP contribution in [-0.2, 0) is 0 Å². The van der Waals surface area contributed by atoms with Crippen LogP contribution in [0.15, 0.2) is 12.1 Å². The Morgan fingerprint density at radius 3 is 2.38 bits per heavy atom. The van der Waals surface area contributed by atoms with Crippen molar-refractivity contribution in [2.75, 3.05) is 5.73 Å². The van der Waals surface area contributed by atoms with E-state index in [2.05, 4.69) is 0 Å². The van der Waals surface area contributed by atoms with E-state index in [-0.39, 0.29) is 17.5 Å². The fraction of sp³-hybridized carbons (Fsp3) is 0.333. The molecule has 0 saturated carbocycles.